The number of hydrogen-bond donors (Lipinski definition) is 1. The number of likely N-dealkylation sites (tertiary alicyclic amines) is 1. The molecule has 2 aliphatic rings. The van der Waals surface area contributed by atoms with Gasteiger partial charge < -0.3 is 5.11 Å². The molecule has 100 valence electrons. The van der Waals surface area contributed by atoms with E-state index >= 15 is 0 Å². The molecular weight excluding hydrogens is 210 g/mol. The summed E-state index contributed by atoms with van der Waals surface area (Å²) in [6.45, 7) is 10.7. The van der Waals surface area contributed by atoms with Crippen LogP contribution in [0.2, 0.25) is 0 Å². The maximum absolute atomic E-state index is 9.98. The van der Waals surface area contributed by atoms with Crippen molar-refractivity contribution in [3.8, 4) is 0 Å². The van der Waals surface area contributed by atoms with E-state index in [1.807, 2.05) is 0 Å². The first kappa shape index (κ1) is 13.4. The van der Waals surface area contributed by atoms with Crippen LogP contribution in [-0.4, -0.2) is 34.2 Å². The molecule has 2 nitrogen and oxygen atoms in total. The molecule has 1 saturated heterocycles. The fourth-order valence-corrected chi connectivity index (χ4v) is 4.03. The summed E-state index contributed by atoms with van der Waals surface area (Å²) >= 11 is 0. The lowest BCUT2D eigenvalue weighted by Crippen LogP contribution is -2.52. The summed E-state index contributed by atoms with van der Waals surface area (Å²) in [5.41, 5.74) is 0.342. The average Bonchev–Trinajstić information content (AvgIpc) is 2.57. The standard InChI is InChI=1S/C15H29NO/c1-11(2)13-7-6-12(17)10-14(13)16-9-5-8-15(16,3)4/h11-14,17H,5-10H2,1-4H3. The largest absolute Gasteiger partial charge is 0.393 e. The molecule has 2 rings (SSSR count). The molecule has 0 amide bonds. The zero-order valence-corrected chi connectivity index (χ0v) is 11.9. The van der Waals surface area contributed by atoms with Gasteiger partial charge in [-0.1, -0.05) is 13.8 Å². The first-order chi connectivity index (χ1) is 7.92. The second kappa shape index (κ2) is 4.89. The molecule has 0 aromatic rings. The zero-order valence-electron chi connectivity index (χ0n) is 11.9. The molecule has 0 aromatic carbocycles. The fourth-order valence-electron chi connectivity index (χ4n) is 4.03. The second-order valence-corrected chi connectivity index (χ2v) is 7.05. The minimum absolute atomic E-state index is 0.0635. The highest BCUT2D eigenvalue weighted by atomic mass is 16.3. The van der Waals surface area contributed by atoms with Crippen LogP contribution in [0.1, 0.15) is 59.8 Å². The number of hydrogen-bond acceptors (Lipinski definition) is 2. The van der Waals surface area contributed by atoms with Gasteiger partial charge in [0.2, 0.25) is 0 Å². The Morgan fingerprint density at radius 3 is 2.47 bits per heavy atom. The molecule has 2 heteroatoms. The number of nitrogens with zero attached hydrogens (tertiary/aromatic N) is 1. The molecule has 1 aliphatic heterocycles. The predicted molar refractivity (Wildman–Crippen MR) is 72.0 cm³/mol. The molecule has 1 aliphatic carbocycles. The van der Waals surface area contributed by atoms with Gasteiger partial charge in [0.25, 0.3) is 0 Å². The Hall–Kier alpha value is -0.0800. The van der Waals surface area contributed by atoms with Gasteiger partial charge in [-0.2, -0.15) is 0 Å². The summed E-state index contributed by atoms with van der Waals surface area (Å²) in [6.07, 6.45) is 5.77. The van der Waals surface area contributed by atoms with Gasteiger partial charge in [-0.25, -0.2) is 0 Å². The molecule has 0 radical (unpaired) electrons. The first-order valence-electron chi connectivity index (χ1n) is 7.36. The van der Waals surface area contributed by atoms with Crippen LogP contribution in [0.15, 0.2) is 0 Å². The van der Waals surface area contributed by atoms with E-state index in [9.17, 15) is 5.11 Å². The van der Waals surface area contributed by atoms with Crippen molar-refractivity contribution >= 4 is 0 Å². The fraction of sp³-hybridized carbons (Fsp3) is 1.00. The summed E-state index contributed by atoms with van der Waals surface area (Å²) in [5.74, 6) is 1.51. The van der Waals surface area contributed by atoms with Crippen LogP contribution < -0.4 is 0 Å². The zero-order chi connectivity index (χ0) is 12.6. The van der Waals surface area contributed by atoms with Gasteiger partial charge in [-0.3, -0.25) is 4.90 Å². The van der Waals surface area contributed by atoms with Crippen LogP contribution in [0.25, 0.3) is 0 Å². The lowest BCUT2D eigenvalue weighted by Gasteiger charge is -2.47. The maximum Gasteiger partial charge on any atom is 0.0555 e. The van der Waals surface area contributed by atoms with Gasteiger partial charge in [0.1, 0.15) is 0 Å². The number of aliphatic hydroxyl groups excluding tert-OH is 1. The van der Waals surface area contributed by atoms with Gasteiger partial charge in [-0.15, -0.1) is 0 Å². The Bertz CT molecular complexity index is 262. The Morgan fingerprint density at radius 2 is 1.94 bits per heavy atom. The molecule has 2 fully saturated rings. The van der Waals surface area contributed by atoms with Crippen molar-refractivity contribution in [3.63, 3.8) is 0 Å². The minimum atomic E-state index is -0.0635. The third kappa shape index (κ3) is 2.68. The van der Waals surface area contributed by atoms with Crippen LogP contribution in [0.3, 0.4) is 0 Å². The second-order valence-electron chi connectivity index (χ2n) is 7.05. The molecule has 3 unspecified atom stereocenters. The minimum Gasteiger partial charge on any atom is -0.393 e. The normalized spacial score (nSPS) is 38.8. The molecular formula is C15H29NO. The molecule has 0 bridgehead atoms. The van der Waals surface area contributed by atoms with Crippen molar-refractivity contribution in [2.75, 3.05) is 6.54 Å². The molecule has 0 aromatic heterocycles. The van der Waals surface area contributed by atoms with E-state index < -0.39 is 0 Å². The van der Waals surface area contributed by atoms with E-state index in [4.69, 9.17) is 0 Å². The summed E-state index contributed by atoms with van der Waals surface area (Å²) in [4.78, 5) is 2.69. The van der Waals surface area contributed by atoms with Gasteiger partial charge in [0.15, 0.2) is 0 Å². The summed E-state index contributed by atoms with van der Waals surface area (Å²) in [5, 5.41) is 9.98. The predicted octanol–water partition coefficient (Wildman–Crippen LogP) is 3.05. The quantitative estimate of drug-likeness (QED) is 0.800. The van der Waals surface area contributed by atoms with E-state index in [2.05, 4.69) is 32.6 Å². The summed E-state index contributed by atoms with van der Waals surface area (Å²) in [6, 6.07) is 0.608. The highest BCUT2D eigenvalue weighted by molar-refractivity contribution is 4.97. The van der Waals surface area contributed by atoms with Crippen LogP contribution in [-0.2, 0) is 0 Å². The van der Waals surface area contributed by atoms with E-state index in [0.29, 0.717) is 11.6 Å². The van der Waals surface area contributed by atoms with Crippen molar-refractivity contribution in [1.82, 2.24) is 4.90 Å². The summed E-state index contributed by atoms with van der Waals surface area (Å²) < 4.78 is 0. The third-order valence-corrected chi connectivity index (χ3v) is 5.06. The van der Waals surface area contributed by atoms with Crippen molar-refractivity contribution in [3.05, 3.63) is 0 Å². The van der Waals surface area contributed by atoms with Gasteiger partial charge in [-0.05, 0) is 64.3 Å². The highest BCUT2D eigenvalue weighted by Crippen LogP contribution is 2.40. The van der Waals surface area contributed by atoms with Crippen LogP contribution in [0.4, 0.5) is 0 Å². The Kier molecular flexibility index (Phi) is 3.84. The van der Waals surface area contributed by atoms with E-state index in [0.717, 1.165) is 24.7 Å². The average molecular weight is 239 g/mol. The Balaban J connectivity index is 2.14. The lowest BCUT2D eigenvalue weighted by molar-refractivity contribution is -0.0132. The molecule has 1 saturated carbocycles. The van der Waals surface area contributed by atoms with Crippen molar-refractivity contribution in [2.24, 2.45) is 11.8 Å². The SMILES string of the molecule is CC(C)C1CCC(O)CC1N1CCCC1(C)C. The summed E-state index contributed by atoms with van der Waals surface area (Å²) in [7, 11) is 0. The topological polar surface area (TPSA) is 23.5 Å². The maximum atomic E-state index is 9.98. The molecule has 3 atom stereocenters. The Labute approximate surface area is 106 Å². The van der Waals surface area contributed by atoms with Crippen molar-refractivity contribution < 1.29 is 5.11 Å². The smallest absolute Gasteiger partial charge is 0.0555 e. The highest BCUT2D eigenvalue weighted by Gasteiger charge is 2.42. The lowest BCUT2D eigenvalue weighted by atomic mass is 9.75. The molecule has 0 spiro atoms. The first-order valence-corrected chi connectivity index (χ1v) is 7.36. The monoisotopic (exact) mass is 239 g/mol. The van der Waals surface area contributed by atoms with Crippen LogP contribution in [0, 0.1) is 11.8 Å². The molecule has 17 heavy (non-hydrogen) atoms. The third-order valence-electron chi connectivity index (χ3n) is 5.06. The van der Waals surface area contributed by atoms with E-state index in [1.54, 1.807) is 0 Å². The number of rotatable bonds is 2. The van der Waals surface area contributed by atoms with E-state index in [-0.39, 0.29) is 6.10 Å². The van der Waals surface area contributed by atoms with Crippen LogP contribution >= 0.6 is 0 Å². The van der Waals surface area contributed by atoms with Crippen LogP contribution in [0.5, 0.6) is 0 Å². The van der Waals surface area contributed by atoms with Crippen molar-refractivity contribution in [1.29, 1.82) is 0 Å². The van der Waals surface area contributed by atoms with Gasteiger partial charge >= 0.3 is 0 Å². The Morgan fingerprint density at radius 1 is 1.24 bits per heavy atom. The van der Waals surface area contributed by atoms with Gasteiger partial charge in [0, 0.05) is 11.6 Å². The molecule has 1 heterocycles. The van der Waals surface area contributed by atoms with Gasteiger partial charge in [0.05, 0.1) is 6.10 Å². The number of aliphatic hydroxyl groups is 1. The van der Waals surface area contributed by atoms with E-state index in [1.165, 1.54) is 25.8 Å². The molecule has 1 N–H and O–H groups in total. The van der Waals surface area contributed by atoms with Crippen molar-refractivity contribution in [2.45, 2.75) is 77.5 Å².